The van der Waals surface area contributed by atoms with E-state index in [2.05, 4.69) is 40.6 Å². The van der Waals surface area contributed by atoms with Gasteiger partial charge in [-0.25, -0.2) is 9.97 Å². The van der Waals surface area contributed by atoms with E-state index in [4.69, 9.17) is 0 Å². The summed E-state index contributed by atoms with van der Waals surface area (Å²) in [5.74, 6) is -4.02. The van der Waals surface area contributed by atoms with Crippen molar-refractivity contribution in [2.24, 2.45) is 9.98 Å². The maximum atomic E-state index is 12.2. The smallest absolute Gasteiger partial charge is 0.548 e. The molecular formula is C27H30N8Na2O7. The van der Waals surface area contributed by atoms with Gasteiger partial charge in [0.1, 0.15) is 5.75 Å². The fourth-order valence-electron chi connectivity index (χ4n) is 3.84. The number of aryl methyl sites for hydroxylation is 1. The minimum Gasteiger partial charge on any atom is -0.548 e. The maximum absolute atomic E-state index is 12.2. The van der Waals surface area contributed by atoms with Crippen LogP contribution in [0.1, 0.15) is 40.9 Å². The summed E-state index contributed by atoms with van der Waals surface area (Å²) < 4.78 is 0. The molecule has 0 saturated heterocycles. The number of phenolic OH excluding ortho intramolecular Hbond substituents is 1. The Morgan fingerprint density at radius 1 is 0.841 bits per heavy atom. The van der Waals surface area contributed by atoms with Crippen molar-refractivity contribution < 1.29 is 93.6 Å². The first-order valence-corrected chi connectivity index (χ1v) is 12.9. The number of carbonyl (C=O) groups excluding carboxylic acids is 4. The van der Waals surface area contributed by atoms with E-state index >= 15 is 0 Å². The average molecular weight is 625 g/mol. The number of aromatic hydroxyl groups is 1. The first kappa shape index (κ1) is 38.7. The molecule has 3 aromatic rings. The van der Waals surface area contributed by atoms with Crippen LogP contribution in [0.25, 0.3) is 0 Å². The molecule has 0 aliphatic heterocycles. The molecule has 2 amide bonds. The van der Waals surface area contributed by atoms with Gasteiger partial charge in [-0.3, -0.25) is 19.6 Å². The maximum Gasteiger partial charge on any atom is 1.00 e. The van der Waals surface area contributed by atoms with Gasteiger partial charge in [-0.15, -0.1) is 0 Å². The molecule has 5 N–H and O–H groups in total. The van der Waals surface area contributed by atoms with E-state index in [-0.39, 0.29) is 104 Å². The van der Waals surface area contributed by atoms with E-state index in [0.717, 1.165) is 5.56 Å². The molecule has 3 rings (SSSR count). The molecule has 17 heteroatoms. The summed E-state index contributed by atoms with van der Waals surface area (Å²) in [5, 5.41) is 38.1. The predicted octanol–water partition coefficient (Wildman–Crippen LogP) is -8.27. The molecule has 0 bridgehead atoms. The average Bonchev–Trinajstić information content (AvgIpc) is 3.65. The van der Waals surface area contributed by atoms with Crippen LogP contribution in [-0.4, -0.2) is 86.4 Å². The SMILES string of the molecule is Cc1cc(C=NCCC(=O)N[C@@H](Cc2cnc[nH]2)C(=O)[O-])c(O)c(C=NCCC(=O)N[C@@H](Cc2cnc[nH]2)C(=O)[O-])c1.[Na+].[Na+]. The fourth-order valence-corrected chi connectivity index (χ4v) is 3.84. The van der Waals surface area contributed by atoms with Crippen molar-refractivity contribution in [3.63, 3.8) is 0 Å². The topological polar surface area (TPSA) is 241 Å². The zero-order valence-corrected chi connectivity index (χ0v) is 28.7. The van der Waals surface area contributed by atoms with E-state index < -0.39 is 35.8 Å². The van der Waals surface area contributed by atoms with Crippen LogP contribution in [0.5, 0.6) is 5.75 Å². The van der Waals surface area contributed by atoms with E-state index in [1.807, 2.05) is 0 Å². The van der Waals surface area contributed by atoms with Crippen LogP contribution in [0.4, 0.5) is 0 Å². The van der Waals surface area contributed by atoms with Crippen molar-refractivity contribution in [2.45, 2.75) is 44.7 Å². The largest absolute Gasteiger partial charge is 1.00 e. The second-order valence-electron chi connectivity index (χ2n) is 9.30. The third-order valence-electron chi connectivity index (χ3n) is 5.91. The second kappa shape index (κ2) is 19.8. The summed E-state index contributed by atoms with van der Waals surface area (Å²) >= 11 is 0. The Morgan fingerprint density at radius 2 is 1.25 bits per heavy atom. The van der Waals surface area contributed by atoms with Crippen molar-refractivity contribution in [2.75, 3.05) is 13.1 Å². The summed E-state index contributed by atoms with van der Waals surface area (Å²) in [6, 6.07) is 0.904. The first-order chi connectivity index (χ1) is 20.1. The molecule has 0 aliphatic carbocycles. The standard InChI is InChI=1S/C27H32N8O7.2Na/c1-16-6-17(10-28-4-2-23(36)34-21(26(39)40)8-19-12-30-14-32-19)25(38)18(7-16)11-29-5-3-24(37)35-22(27(41)42)9-20-13-31-15-33-20;;/h6-7,10-15,21-22,38H,2-5,8-9H2,1H3,(H,30,32)(H,31,33)(H,34,36)(H,35,37)(H,39,40)(H,41,42);;/q;2*+1/p-2/t21-,22-;;/m0../s1. The van der Waals surface area contributed by atoms with Gasteiger partial charge in [0, 0.05) is 86.1 Å². The van der Waals surface area contributed by atoms with Gasteiger partial charge < -0.3 is 45.5 Å². The quantitative estimate of drug-likeness (QED) is 0.0750. The van der Waals surface area contributed by atoms with Crippen LogP contribution < -0.4 is 80.0 Å². The molecule has 2 atom stereocenters. The van der Waals surface area contributed by atoms with E-state index in [0.29, 0.717) is 22.5 Å². The van der Waals surface area contributed by atoms with Gasteiger partial charge in [0.05, 0.1) is 36.7 Å². The van der Waals surface area contributed by atoms with Crippen LogP contribution in [0, 0.1) is 6.92 Å². The Balaban J connectivity index is 0.00000484. The number of carbonyl (C=O) groups is 4. The number of aromatic amines is 2. The fraction of sp³-hybridized carbons (Fsp3) is 0.333. The number of carboxylic acids is 2. The number of carboxylic acid groups (broad SMARTS) is 2. The molecule has 0 radical (unpaired) electrons. The van der Waals surface area contributed by atoms with Crippen LogP contribution in [-0.2, 0) is 32.0 Å². The third-order valence-corrected chi connectivity index (χ3v) is 5.91. The number of hydrogen-bond donors (Lipinski definition) is 5. The Kier molecular flexibility index (Phi) is 17.4. The molecule has 1 aromatic carbocycles. The van der Waals surface area contributed by atoms with Crippen LogP contribution >= 0.6 is 0 Å². The Hall–Kier alpha value is -3.34. The van der Waals surface area contributed by atoms with E-state index in [1.54, 1.807) is 19.1 Å². The molecule has 222 valence electrons. The summed E-state index contributed by atoms with van der Waals surface area (Å²) in [7, 11) is 0. The number of aromatic nitrogens is 4. The van der Waals surface area contributed by atoms with Crippen LogP contribution in [0.2, 0.25) is 0 Å². The molecule has 0 fully saturated rings. The normalized spacial score (nSPS) is 12.2. The number of aliphatic carboxylic acids is 2. The van der Waals surface area contributed by atoms with Crippen molar-refractivity contribution in [3.8, 4) is 5.75 Å². The number of aliphatic imine (C=N–C) groups is 2. The molecule has 0 spiro atoms. The molecular weight excluding hydrogens is 594 g/mol. The minimum absolute atomic E-state index is 0. The molecule has 15 nitrogen and oxygen atoms in total. The third kappa shape index (κ3) is 13.1. The van der Waals surface area contributed by atoms with Crippen molar-refractivity contribution in [1.29, 1.82) is 0 Å². The molecule has 0 saturated carbocycles. The second-order valence-corrected chi connectivity index (χ2v) is 9.30. The number of phenols is 1. The summed E-state index contributed by atoms with van der Waals surface area (Å²) in [4.78, 5) is 68.6. The molecule has 2 aromatic heterocycles. The Bertz CT molecular complexity index is 1330. The van der Waals surface area contributed by atoms with Gasteiger partial charge in [0.2, 0.25) is 11.8 Å². The number of amides is 2. The van der Waals surface area contributed by atoms with Crippen LogP contribution in [0.3, 0.4) is 0 Å². The number of hydrogen-bond acceptors (Lipinski definition) is 11. The van der Waals surface area contributed by atoms with Crippen molar-refractivity contribution in [3.05, 3.63) is 65.3 Å². The number of benzene rings is 1. The zero-order valence-electron chi connectivity index (χ0n) is 24.7. The van der Waals surface area contributed by atoms with Gasteiger partial charge in [0.25, 0.3) is 0 Å². The Morgan fingerprint density at radius 3 is 1.59 bits per heavy atom. The summed E-state index contributed by atoms with van der Waals surface area (Å²) in [6.45, 7) is 1.87. The first-order valence-electron chi connectivity index (χ1n) is 12.9. The zero-order chi connectivity index (χ0) is 30.5. The molecule has 44 heavy (non-hydrogen) atoms. The summed E-state index contributed by atoms with van der Waals surface area (Å²) in [6.07, 6.45) is 8.30. The van der Waals surface area contributed by atoms with Gasteiger partial charge in [-0.05, 0) is 24.6 Å². The predicted molar refractivity (Wildman–Crippen MR) is 145 cm³/mol. The molecule has 2 heterocycles. The van der Waals surface area contributed by atoms with E-state index in [9.17, 15) is 34.5 Å². The number of nitrogens with one attached hydrogen (secondary N) is 4. The van der Waals surface area contributed by atoms with Crippen molar-refractivity contribution >= 4 is 36.2 Å². The monoisotopic (exact) mass is 624 g/mol. The Labute approximate surface area is 297 Å². The number of imidazole rings is 2. The number of rotatable bonds is 16. The summed E-state index contributed by atoms with van der Waals surface area (Å²) in [5.41, 5.74) is 2.60. The van der Waals surface area contributed by atoms with E-state index in [1.165, 1.54) is 37.5 Å². The molecule has 0 aliphatic rings. The van der Waals surface area contributed by atoms with Gasteiger partial charge in [-0.1, -0.05) is 0 Å². The van der Waals surface area contributed by atoms with Gasteiger partial charge in [-0.2, -0.15) is 0 Å². The van der Waals surface area contributed by atoms with Gasteiger partial charge >= 0.3 is 59.1 Å². The van der Waals surface area contributed by atoms with Gasteiger partial charge in [0.15, 0.2) is 0 Å². The van der Waals surface area contributed by atoms with Crippen molar-refractivity contribution in [1.82, 2.24) is 30.6 Å². The number of H-pyrrole nitrogens is 2. The number of nitrogens with zero attached hydrogens (tertiary/aromatic N) is 4. The van der Waals surface area contributed by atoms with Crippen LogP contribution in [0.15, 0.2) is 47.2 Å². The molecule has 0 unspecified atom stereocenters. The minimum atomic E-state index is -1.42.